The van der Waals surface area contributed by atoms with Gasteiger partial charge in [0.25, 0.3) is 0 Å². The number of ether oxygens (including phenoxy) is 2. The lowest BCUT2D eigenvalue weighted by molar-refractivity contribution is -0.116. The van der Waals surface area contributed by atoms with Crippen molar-refractivity contribution in [1.29, 1.82) is 0 Å². The molecule has 2 aromatic rings. The van der Waals surface area contributed by atoms with Gasteiger partial charge >= 0.3 is 0 Å². The number of benzene rings is 2. The van der Waals surface area contributed by atoms with E-state index in [1.807, 2.05) is 37.3 Å². The van der Waals surface area contributed by atoms with E-state index in [-0.39, 0.29) is 5.91 Å². The number of rotatable bonds is 6. The van der Waals surface area contributed by atoms with Crippen LogP contribution >= 0.6 is 11.6 Å². The first-order valence-electron chi connectivity index (χ1n) is 7.30. The quantitative estimate of drug-likeness (QED) is 0.860. The maximum atomic E-state index is 12.1. The molecule has 0 aromatic heterocycles. The van der Waals surface area contributed by atoms with E-state index in [2.05, 4.69) is 5.32 Å². The second-order valence-corrected chi connectivity index (χ2v) is 5.60. The molecular weight excluding hydrogens is 314 g/mol. The Labute approximate surface area is 141 Å². The van der Waals surface area contributed by atoms with Crippen molar-refractivity contribution in [1.82, 2.24) is 0 Å². The Bertz CT molecular complexity index is 701. The van der Waals surface area contributed by atoms with Crippen molar-refractivity contribution in [2.24, 2.45) is 0 Å². The Hall–Kier alpha value is -2.20. The normalized spacial score (nSPS) is 10.3. The molecule has 2 rings (SSSR count). The highest BCUT2D eigenvalue weighted by Gasteiger charge is 2.09. The number of hydrogen-bond donors (Lipinski definition) is 1. The molecule has 2 aromatic carbocycles. The summed E-state index contributed by atoms with van der Waals surface area (Å²) in [4.78, 5) is 12.1. The van der Waals surface area contributed by atoms with Crippen LogP contribution in [0.3, 0.4) is 0 Å². The number of amides is 1. The van der Waals surface area contributed by atoms with E-state index in [1.165, 1.54) is 0 Å². The number of methoxy groups -OCH3 is 2. The Kier molecular flexibility index (Phi) is 5.88. The molecule has 0 spiro atoms. The first-order valence-corrected chi connectivity index (χ1v) is 7.68. The Morgan fingerprint density at radius 2 is 1.91 bits per heavy atom. The van der Waals surface area contributed by atoms with Crippen LogP contribution in [0.25, 0.3) is 0 Å². The lowest BCUT2D eigenvalue weighted by Crippen LogP contribution is -2.12. The van der Waals surface area contributed by atoms with Crippen LogP contribution in [-0.2, 0) is 11.2 Å². The van der Waals surface area contributed by atoms with Crippen molar-refractivity contribution in [2.45, 2.75) is 19.8 Å². The summed E-state index contributed by atoms with van der Waals surface area (Å²) in [5.41, 5.74) is 2.61. The Morgan fingerprint density at radius 1 is 1.13 bits per heavy atom. The number of carbonyl (C=O) groups excluding carboxylic acids is 1. The smallest absolute Gasteiger partial charge is 0.224 e. The van der Waals surface area contributed by atoms with Crippen molar-refractivity contribution in [2.75, 3.05) is 19.5 Å². The second kappa shape index (κ2) is 7.88. The van der Waals surface area contributed by atoms with Gasteiger partial charge in [0.15, 0.2) is 0 Å². The Morgan fingerprint density at radius 3 is 2.57 bits per heavy atom. The lowest BCUT2D eigenvalue weighted by Gasteiger charge is -2.11. The monoisotopic (exact) mass is 333 g/mol. The molecule has 0 aliphatic rings. The molecule has 0 saturated heterocycles. The fourth-order valence-electron chi connectivity index (χ4n) is 2.22. The summed E-state index contributed by atoms with van der Waals surface area (Å²) in [6.07, 6.45) is 0.904. The van der Waals surface area contributed by atoms with Gasteiger partial charge in [-0.1, -0.05) is 17.7 Å². The third kappa shape index (κ3) is 4.63. The molecule has 1 N–H and O–H groups in total. The predicted molar refractivity (Wildman–Crippen MR) is 92.7 cm³/mol. The van der Waals surface area contributed by atoms with Crippen LogP contribution < -0.4 is 14.8 Å². The highest BCUT2D eigenvalue weighted by atomic mass is 35.5. The number of aryl methyl sites for hydroxylation is 2. The van der Waals surface area contributed by atoms with Crippen LogP contribution in [-0.4, -0.2) is 20.1 Å². The van der Waals surface area contributed by atoms with Crippen LogP contribution in [0.15, 0.2) is 36.4 Å². The minimum absolute atomic E-state index is 0.0743. The number of nitrogens with one attached hydrogen (secondary N) is 1. The minimum atomic E-state index is -0.0743. The van der Waals surface area contributed by atoms with Gasteiger partial charge in [0.05, 0.1) is 14.2 Å². The van der Waals surface area contributed by atoms with Gasteiger partial charge in [0.1, 0.15) is 11.5 Å². The van der Waals surface area contributed by atoms with Crippen LogP contribution in [0.4, 0.5) is 5.69 Å². The average molecular weight is 334 g/mol. The average Bonchev–Trinajstić information content (AvgIpc) is 2.56. The first kappa shape index (κ1) is 17.2. The molecule has 122 valence electrons. The van der Waals surface area contributed by atoms with E-state index < -0.39 is 0 Å². The van der Waals surface area contributed by atoms with Gasteiger partial charge in [-0.3, -0.25) is 4.79 Å². The van der Waals surface area contributed by atoms with Crippen LogP contribution in [0.5, 0.6) is 11.5 Å². The fourth-order valence-corrected chi connectivity index (χ4v) is 2.40. The van der Waals surface area contributed by atoms with E-state index in [0.29, 0.717) is 23.6 Å². The molecule has 0 atom stereocenters. The molecule has 0 aliphatic carbocycles. The fraction of sp³-hybridized carbons (Fsp3) is 0.278. The van der Waals surface area contributed by atoms with E-state index in [9.17, 15) is 4.79 Å². The van der Waals surface area contributed by atoms with E-state index >= 15 is 0 Å². The zero-order valence-electron chi connectivity index (χ0n) is 13.5. The third-order valence-electron chi connectivity index (χ3n) is 3.56. The van der Waals surface area contributed by atoms with Crippen LogP contribution in [0.1, 0.15) is 17.5 Å². The summed E-state index contributed by atoms with van der Waals surface area (Å²) in [6.45, 7) is 1.92. The van der Waals surface area contributed by atoms with E-state index in [0.717, 1.165) is 22.6 Å². The SMILES string of the molecule is COc1ccc(OC)c(CCC(=O)Nc2ccc(C)c(Cl)c2)c1. The summed E-state index contributed by atoms with van der Waals surface area (Å²) in [5, 5.41) is 3.49. The minimum Gasteiger partial charge on any atom is -0.497 e. The maximum absolute atomic E-state index is 12.1. The maximum Gasteiger partial charge on any atom is 0.224 e. The molecule has 0 bridgehead atoms. The predicted octanol–water partition coefficient (Wildman–Crippen LogP) is 4.24. The van der Waals surface area contributed by atoms with Gasteiger partial charge in [-0.2, -0.15) is 0 Å². The van der Waals surface area contributed by atoms with Crippen molar-refractivity contribution in [3.8, 4) is 11.5 Å². The van der Waals surface area contributed by atoms with E-state index in [4.69, 9.17) is 21.1 Å². The van der Waals surface area contributed by atoms with Gasteiger partial charge < -0.3 is 14.8 Å². The molecule has 0 fully saturated rings. The number of halogens is 1. The topological polar surface area (TPSA) is 47.6 Å². The molecular formula is C18H20ClNO3. The molecule has 4 nitrogen and oxygen atoms in total. The zero-order chi connectivity index (χ0) is 16.8. The molecule has 0 aliphatic heterocycles. The van der Waals surface area contributed by atoms with Gasteiger partial charge in [0.2, 0.25) is 5.91 Å². The van der Waals surface area contributed by atoms with Gasteiger partial charge in [-0.25, -0.2) is 0 Å². The lowest BCUT2D eigenvalue weighted by atomic mass is 10.1. The van der Waals surface area contributed by atoms with Crippen molar-refractivity contribution >= 4 is 23.2 Å². The highest BCUT2D eigenvalue weighted by molar-refractivity contribution is 6.31. The molecule has 0 unspecified atom stereocenters. The molecule has 5 heteroatoms. The molecule has 1 amide bonds. The molecule has 0 radical (unpaired) electrons. The first-order chi connectivity index (χ1) is 11.0. The van der Waals surface area contributed by atoms with Crippen LogP contribution in [0, 0.1) is 6.92 Å². The summed E-state index contributed by atoms with van der Waals surface area (Å²) >= 11 is 6.06. The van der Waals surface area contributed by atoms with Crippen molar-refractivity contribution in [3.05, 3.63) is 52.5 Å². The van der Waals surface area contributed by atoms with Gasteiger partial charge in [-0.15, -0.1) is 0 Å². The van der Waals surface area contributed by atoms with Crippen molar-refractivity contribution in [3.63, 3.8) is 0 Å². The molecule has 0 saturated carbocycles. The van der Waals surface area contributed by atoms with Gasteiger partial charge in [0, 0.05) is 17.1 Å². The third-order valence-corrected chi connectivity index (χ3v) is 3.97. The summed E-state index contributed by atoms with van der Waals surface area (Å²) in [5.74, 6) is 1.42. The number of carbonyl (C=O) groups is 1. The summed E-state index contributed by atoms with van der Waals surface area (Å²) in [7, 11) is 3.22. The molecule has 0 heterocycles. The Balaban J connectivity index is 2.00. The summed E-state index contributed by atoms with van der Waals surface area (Å²) < 4.78 is 10.5. The molecule has 23 heavy (non-hydrogen) atoms. The van der Waals surface area contributed by atoms with E-state index in [1.54, 1.807) is 20.3 Å². The van der Waals surface area contributed by atoms with Crippen molar-refractivity contribution < 1.29 is 14.3 Å². The largest absolute Gasteiger partial charge is 0.497 e. The second-order valence-electron chi connectivity index (χ2n) is 5.19. The van der Waals surface area contributed by atoms with Crippen LogP contribution in [0.2, 0.25) is 5.02 Å². The number of anilines is 1. The highest BCUT2D eigenvalue weighted by Crippen LogP contribution is 2.25. The van der Waals surface area contributed by atoms with Gasteiger partial charge in [-0.05, 0) is 54.8 Å². The zero-order valence-corrected chi connectivity index (χ0v) is 14.2. The number of hydrogen-bond acceptors (Lipinski definition) is 3. The summed E-state index contributed by atoms with van der Waals surface area (Å²) in [6, 6.07) is 11.0. The standard InChI is InChI=1S/C18H20ClNO3/c1-12-4-6-14(11-16(12)19)20-18(21)9-5-13-10-15(22-2)7-8-17(13)23-3/h4,6-8,10-11H,5,9H2,1-3H3,(H,20,21).